The molecular weight excluding hydrogens is 291 g/mol. The molecule has 0 spiro atoms. The van der Waals surface area contributed by atoms with Crippen molar-refractivity contribution >= 4 is 17.3 Å². The highest BCUT2D eigenvalue weighted by atomic mass is 35.5. The van der Waals surface area contributed by atoms with Crippen LogP contribution in [-0.2, 0) is 6.54 Å². The van der Waals surface area contributed by atoms with Crippen LogP contribution in [0.3, 0.4) is 0 Å². The summed E-state index contributed by atoms with van der Waals surface area (Å²) in [4.78, 5) is 0. The number of nitrogens with one attached hydrogen (secondary N) is 1. The predicted octanol–water partition coefficient (Wildman–Crippen LogP) is 4.69. The molecule has 1 N–H and O–H groups in total. The third kappa shape index (κ3) is 4.06. The molecule has 0 unspecified atom stereocenters. The predicted molar refractivity (Wildman–Crippen MR) is 71.8 cm³/mol. The van der Waals surface area contributed by atoms with E-state index in [0.29, 0.717) is 22.8 Å². The number of anilines is 1. The molecule has 0 saturated heterocycles. The Kier molecular flexibility index (Phi) is 4.74. The molecule has 0 atom stereocenters. The van der Waals surface area contributed by atoms with Gasteiger partial charge in [0.1, 0.15) is 11.6 Å². The van der Waals surface area contributed by atoms with Gasteiger partial charge in [-0.05, 0) is 48.0 Å². The summed E-state index contributed by atoms with van der Waals surface area (Å²) in [5, 5.41) is 3.47. The molecular formula is C14H11ClF3NO. The Hall–Kier alpha value is -1.88. The van der Waals surface area contributed by atoms with Crippen molar-refractivity contribution in [3.63, 3.8) is 0 Å². The average molecular weight is 302 g/mol. The van der Waals surface area contributed by atoms with E-state index < -0.39 is 6.61 Å². The Morgan fingerprint density at radius 2 is 1.80 bits per heavy atom. The minimum Gasteiger partial charge on any atom is -0.435 e. The average Bonchev–Trinajstić information content (AvgIpc) is 2.41. The van der Waals surface area contributed by atoms with Crippen LogP contribution in [0.2, 0.25) is 5.02 Å². The maximum atomic E-state index is 13.1. The lowest BCUT2D eigenvalue weighted by Crippen LogP contribution is -2.03. The SMILES string of the molecule is Fc1ccc(Cl)c(CNc2ccc(OC(F)F)cc2)c1. The first-order chi connectivity index (χ1) is 9.54. The second-order valence-electron chi connectivity index (χ2n) is 3.99. The molecule has 2 rings (SSSR count). The fourth-order valence-corrected chi connectivity index (χ4v) is 1.81. The molecule has 2 aromatic carbocycles. The summed E-state index contributed by atoms with van der Waals surface area (Å²) < 4.78 is 41.3. The molecule has 20 heavy (non-hydrogen) atoms. The summed E-state index contributed by atoms with van der Waals surface area (Å²) in [6.07, 6.45) is 0. The minimum absolute atomic E-state index is 0.0781. The fraction of sp³-hybridized carbons (Fsp3) is 0.143. The molecule has 0 amide bonds. The topological polar surface area (TPSA) is 21.3 Å². The summed E-state index contributed by atoms with van der Waals surface area (Å²) >= 11 is 5.93. The Balaban J connectivity index is 1.98. The van der Waals surface area contributed by atoms with Crippen LogP contribution < -0.4 is 10.1 Å². The normalized spacial score (nSPS) is 10.7. The van der Waals surface area contributed by atoms with E-state index in [1.54, 1.807) is 12.1 Å². The van der Waals surface area contributed by atoms with Crippen molar-refractivity contribution in [2.24, 2.45) is 0 Å². The van der Waals surface area contributed by atoms with Crippen LogP contribution in [0.15, 0.2) is 42.5 Å². The molecule has 0 aromatic heterocycles. The quantitative estimate of drug-likeness (QED) is 0.865. The zero-order chi connectivity index (χ0) is 14.5. The van der Waals surface area contributed by atoms with E-state index in [4.69, 9.17) is 11.6 Å². The van der Waals surface area contributed by atoms with Crippen LogP contribution in [0.1, 0.15) is 5.56 Å². The zero-order valence-electron chi connectivity index (χ0n) is 10.2. The molecule has 0 radical (unpaired) electrons. The van der Waals surface area contributed by atoms with Crippen molar-refractivity contribution in [1.82, 2.24) is 0 Å². The van der Waals surface area contributed by atoms with E-state index in [-0.39, 0.29) is 11.6 Å². The van der Waals surface area contributed by atoms with Crippen molar-refractivity contribution in [3.05, 3.63) is 58.9 Å². The summed E-state index contributed by atoms with van der Waals surface area (Å²) in [7, 11) is 0. The van der Waals surface area contributed by atoms with Gasteiger partial charge in [-0.15, -0.1) is 0 Å². The summed E-state index contributed by atoms with van der Waals surface area (Å²) in [6, 6.07) is 10.1. The van der Waals surface area contributed by atoms with E-state index in [2.05, 4.69) is 10.1 Å². The second-order valence-corrected chi connectivity index (χ2v) is 4.40. The molecule has 0 fully saturated rings. The highest BCUT2D eigenvalue weighted by Crippen LogP contribution is 2.21. The van der Waals surface area contributed by atoms with Crippen molar-refractivity contribution in [1.29, 1.82) is 0 Å². The van der Waals surface area contributed by atoms with E-state index in [1.165, 1.54) is 30.3 Å². The molecule has 0 aliphatic heterocycles. The van der Waals surface area contributed by atoms with E-state index in [0.717, 1.165) is 0 Å². The van der Waals surface area contributed by atoms with Gasteiger partial charge >= 0.3 is 6.61 Å². The summed E-state index contributed by atoms with van der Waals surface area (Å²) in [5.41, 5.74) is 1.30. The lowest BCUT2D eigenvalue weighted by molar-refractivity contribution is -0.0498. The maximum Gasteiger partial charge on any atom is 0.387 e. The van der Waals surface area contributed by atoms with Crippen molar-refractivity contribution in [2.75, 3.05) is 5.32 Å². The van der Waals surface area contributed by atoms with Gasteiger partial charge < -0.3 is 10.1 Å². The van der Waals surface area contributed by atoms with Crippen molar-refractivity contribution < 1.29 is 17.9 Å². The van der Waals surface area contributed by atoms with Crippen molar-refractivity contribution in [2.45, 2.75) is 13.2 Å². The van der Waals surface area contributed by atoms with E-state index in [9.17, 15) is 13.2 Å². The van der Waals surface area contributed by atoms with Crippen LogP contribution in [-0.4, -0.2) is 6.61 Å². The van der Waals surface area contributed by atoms with Gasteiger partial charge in [0.05, 0.1) is 0 Å². The van der Waals surface area contributed by atoms with Gasteiger partial charge in [0, 0.05) is 17.3 Å². The molecule has 2 nitrogen and oxygen atoms in total. The minimum atomic E-state index is -2.85. The monoisotopic (exact) mass is 301 g/mol. The van der Waals surface area contributed by atoms with E-state index in [1.807, 2.05) is 0 Å². The first-order valence-corrected chi connectivity index (χ1v) is 6.15. The lowest BCUT2D eigenvalue weighted by atomic mass is 10.2. The van der Waals surface area contributed by atoms with Crippen LogP contribution in [0.5, 0.6) is 5.75 Å². The molecule has 2 aromatic rings. The Morgan fingerprint density at radius 1 is 1.10 bits per heavy atom. The van der Waals surface area contributed by atoms with Crippen LogP contribution in [0.25, 0.3) is 0 Å². The summed E-state index contributed by atoms with van der Waals surface area (Å²) in [6.45, 7) is -2.52. The second kappa shape index (κ2) is 6.52. The van der Waals surface area contributed by atoms with Gasteiger partial charge in [-0.1, -0.05) is 11.6 Å². The standard InChI is InChI=1S/C14H11ClF3NO/c15-13-6-1-10(16)7-9(13)8-19-11-2-4-12(5-3-11)20-14(17)18/h1-7,14,19H,8H2. The first-order valence-electron chi connectivity index (χ1n) is 5.77. The van der Waals surface area contributed by atoms with Gasteiger partial charge in [-0.3, -0.25) is 0 Å². The Bertz CT molecular complexity index is 575. The third-order valence-corrected chi connectivity index (χ3v) is 2.94. The number of hydrogen-bond donors (Lipinski definition) is 1. The Labute approximate surface area is 119 Å². The highest BCUT2D eigenvalue weighted by Gasteiger charge is 2.05. The maximum absolute atomic E-state index is 13.1. The number of halogens is 4. The largest absolute Gasteiger partial charge is 0.435 e. The lowest BCUT2D eigenvalue weighted by Gasteiger charge is -2.09. The smallest absolute Gasteiger partial charge is 0.387 e. The molecule has 0 heterocycles. The third-order valence-electron chi connectivity index (χ3n) is 2.57. The number of benzene rings is 2. The molecule has 0 bridgehead atoms. The Morgan fingerprint density at radius 3 is 2.45 bits per heavy atom. The van der Waals surface area contributed by atoms with Gasteiger partial charge in [-0.25, -0.2) is 4.39 Å². The van der Waals surface area contributed by atoms with E-state index >= 15 is 0 Å². The number of hydrogen-bond acceptors (Lipinski definition) is 2. The number of rotatable bonds is 5. The molecule has 0 aliphatic carbocycles. The van der Waals surface area contributed by atoms with Gasteiger partial charge in [0.25, 0.3) is 0 Å². The first kappa shape index (κ1) is 14.5. The number of ether oxygens (including phenoxy) is 1. The van der Waals surface area contributed by atoms with Gasteiger partial charge in [0.2, 0.25) is 0 Å². The zero-order valence-corrected chi connectivity index (χ0v) is 11.0. The van der Waals surface area contributed by atoms with Crippen molar-refractivity contribution in [3.8, 4) is 5.75 Å². The summed E-state index contributed by atoms with van der Waals surface area (Å²) in [5.74, 6) is -0.291. The fourth-order valence-electron chi connectivity index (χ4n) is 1.63. The molecule has 0 saturated carbocycles. The molecule has 6 heteroatoms. The van der Waals surface area contributed by atoms with Crippen LogP contribution in [0, 0.1) is 5.82 Å². The van der Waals surface area contributed by atoms with Crippen LogP contribution in [0.4, 0.5) is 18.9 Å². The molecule has 0 aliphatic rings. The van der Waals surface area contributed by atoms with Crippen LogP contribution >= 0.6 is 11.6 Å². The molecule has 106 valence electrons. The van der Waals surface area contributed by atoms with Gasteiger partial charge in [0.15, 0.2) is 0 Å². The highest BCUT2D eigenvalue weighted by molar-refractivity contribution is 6.31. The number of alkyl halides is 2. The van der Waals surface area contributed by atoms with Gasteiger partial charge in [-0.2, -0.15) is 8.78 Å².